The minimum absolute atomic E-state index is 0.766. The first kappa shape index (κ1) is 14.0. The Hall–Kier alpha value is -1.06. The minimum Gasteiger partial charge on any atom is -0.385 e. The van der Waals surface area contributed by atoms with E-state index in [1.54, 1.807) is 14.2 Å². The van der Waals surface area contributed by atoms with Crippen LogP contribution in [0.2, 0.25) is 0 Å². The molecule has 0 amide bonds. The maximum atomic E-state index is 5.11. The van der Waals surface area contributed by atoms with E-state index in [2.05, 4.69) is 29.6 Å². The molecule has 1 N–H and O–H groups in total. The molecule has 0 aliphatic carbocycles. The van der Waals surface area contributed by atoms with Crippen LogP contribution in [-0.2, 0) is 15.9 Å². The van der Waals surface area contributed by atoms with Gasteiger partial charge < -0.3 is 14.8 Å². The van der Waals surface area contributed by atoms with Crippen molar-refractivity contribution in [3.63, 3.8) is 0 Å². The molecule has 0 unspecified atom stereocenters. The third-order valence-corrected chi connectivity index (χ3v) is 2.68. The summed E-state index contributed by atoms with van der Waals surface area (Å²) < 4.78 is 10.1. The van der Waals surface area contributed by atoms with E-state index in [-0.39, 0.29) is 0 Å². The van der Waals surface area contributed by atoms with Crippen molar-refractivity contribution < 1.29 is 9.47 Å². The second-order valence-corrected chi connectivity index (χ2v) is 4.03. The summed E-state index contributed by atoms with van der Waals surface area (Å²) in [7, 11) is 3.48. The summed E-state index contributed by atoms with van der Waals surface area (Å²) in [6.45, 7) is 2.60. The van der Waals surface area contributed by atoms with Crippen LogP contribution in [0.1, 0.15) is 18.4 Å². The molecule has 0 fully saturated rings. The van der Waals surface area contributed by atoms with Gasteiger partial charge in [0.15, 0.2) is 0 Å². The summed E-state index contributed by atoms with van der Waals surface area (Å²) in [5.74, 6) is 0. The fourth-order valence-electron chi connectivity index (χ4n) is 1.72. The smallest absolute Gasteiger partial charge is 0.0503 e. The van der Waals surface area contributed by atoms with Crippen molar-refractivity contribution >= 4 is 5.69 Å². The van der Waals surface area contributed by atoms with Crippen LogP contribution in [0.5, 0.6) is 0 Å². The monoisotopic (exact) mass is 237 g/mol. The number of hydrogen-bond donors (Lipinski definition) is 1. The van der Waals surface area contributed by atoms with E-state index in [0.717, 1.165) is 39.0 Å². The predicted octanol–water partition coefficient (Wildman–Crippen LogP) is 2.71. The van der Waals surface area contributed by atoms with Crippen molar-refractivity contribution in [2.75, 3.05) is 39.3 Å². The molecule has 17 heavy (non-hydrogen) atoms. The Kier molecular flexibility index (Phi) is 7.43. The highest BCUT2D eigenvalue weighted by atomic mass is 16.5. The largest absolute Gasteiger partial charge is 0.385 e. The molecule has 0 aromatic heterocycles. The van der Waals surface area contributed by atoms with E-state index in [9.17, 15) is 0 Å². The van der Waals surface area contributed by atoms with Gasteiger partial charge in [-0.15, -0.1) is 0 Å². The zero-order valence-electron chi connectivity index (χ0n) is 10.9. The first-order valence-corrected chi connectivity index (χ1v) is 6.18. The zero-order chi connectivity index (χ0) is 12.3. The van der Waals surface area contributed by atoms with Gasteiger partial charge in [0.05, 0.1) is 6.61 Å². The fourth-order valence-corrected chi connectivity index (χ4v) is 1.72. The average Bonchev–Trinajstić information content (AvgIpc) is 2.37. The van der Waals surface area contributed by atoms with Crippen LogP contribution in [-0.4, -0.2) is 34.0 Å². The first-order valence-electron chi connectivity index (χ1n) is 6.18. The van der Waals surface area contributed by atoms with Crippen LogP contribution in [0.15, 0.2) is 24.3 Å². The van der Waals surface area contributed by atoms with Gasteiger partial charge >= 0.3 is 0 Å². The summed E-state index contributed by atoms with van der Waals surface area (Å²) >= 11 is 0. The minimum atomic E-state index is 0.766. The molecule has 0 saturated carbocycles. The Morgan fingerprint density at radius 3 is 2.53 bits per heavy atom. The number of unbranched alkanes of at least 4 members (excludes halogenated alkanes) is 1. The van der Waals surface area contributed by atoms with Crippen molar-refractivity contribution in [2.24, 2.45) is 0 Å². The van der Waals surface area contributed by atoms with Gasteiger partial charge in [-0.2, -0.15) is 0 Å². The Bertz CT molecular complexity index is 302. The molecular weight excluding hydrogens is 214 g/mol. The lowest BCUT2D eigenvalue weighted by atomic mass is 10.1. The molecule has 0 saturated heterocycles. The average molecular weight is 237 g/mol. The second kappa shape index (κ2) is 9.02. The second-order valence-electron chi connectivity index (χ2n) is 4.03. The Labute approximate surface area is 104 Å². The third kappa shape index (κ3) is 5.71. The fraction of sp³-hybridized carbons (Fsp3) is 0.571. The maximum Gasteiger partial charge on any atom is 0.0503 e. The summed E-state index contributed by atoms with van der Waals surface area (Å²) in [5, 5.41) is 3.47. The Morgan fingerprint density at radius 2 is 1.76 bits per heavy atom. The van der Waals surface area contributed by atoms with Crippen molar-refractivity contribution in [3.05, 3.63) is 29.8 Å². The number of para-hydroxylation sites is 1. The molecule has 1 aromatic rings. The summed E-state index contributed by atoms with van der Waals surface area (Å²) in [6.07, 6.45) is 3.19. The van der Waals surface area contributed by atoms with Gasteiger partial charge in [0.25, 0.3) is 0 Å². The number of hydrogen-bond acceptors (Lipinski definition) is 3. The van der Waals surface area contributed by atoms with Crippen molar-refractivity contribution in [2.45, 2.75) is 19.3 Å². The molecule has 0 heterocycles. The molecule has 3 heteroatoms. The number of anilines is 1. The van der Waals surface area contributed by atoms with Crippen LogP contribution in [0, 0.1) is 0 Å². The highest BCUT2D eigenvalue weighted by Crippen LogP contribution is 2.15. The number of nitrogens with one attached hydrogen (secondary N) is 1. The third-order valence-electron chi connectivity index (χ3n) is 2.68. The molecule has 96 valence electrons. The van der Waals surface area contributed by atoms with Crippen LogP contribution in [0.3, 0.4) is 0 Å². The zero-order valence-corrected chi connectivity index (χ0v) is 10.9. The van der Waals surface area contributed by atoms with E-state index in [0.29, 0.717) is 0 Å². The summed E-state index contributed by atoms with van der Waals surface area (Å²) in [4.78, 5) is 0. The molecular formula is C14H23NO2. The lowest BCUT2D eigenvalue weighted by Gasteiger charge is -2.11. The molecule has 0 bridgehead atoms. The lowest BCUT2D eigenvalue weighted by Crippen LogP contribution is -2.06. The summed E-state index contributed by atoms with van der Waals surface area (Å²) in [6, 6.07) is 8.41. The molecule has 3 nitrogen and oxygen atoms in total. The molecule has 1 rings (SSSR count). The van der Waals surface area contributed by atoms with Gasteiger partial charge in [-0.05, 0) is 30.9 Å². The van der Waals surface area contributed by atoms with Gasteiger partial charge in [0.1, 0.15) is 0 Å². The van der Waals surface area contributed by atoms with Gasteiger partial charge in [-0.3, -0.25) is 0 Å². The normalized spacial score (nSPS) is 10.5. The van der Waals surface area contributed by atoms with Crippen molar-refractivity contribution in [3.8, 4) is 0 Å². The molecule has 0 atom stereocenters. The first-order chi connectivity index (χ1) is 8.38. The SMILES string of the molecule is COCCCCNc1ccccc1CCOC. The van der Waals surface area contributed by atoms with Crippen LogP contribution < -0.4 is 5.32 Å². The van der Waals surface area contributed by atoms with E-state index >= 15 is 0 Å². The number of methoxy groups -OCH3 is 2. The molecule has 0 spiro atoms. The number of benzene rings is 1. The van der Waals surface area contributed by atoms with Crippen molar-refractivity contribution in [1.29, 1.82) is 0 Å². The van der Waals surface area contributed by atoms with Crippen molar-refractivity contribution in [1.82, 2.24) is 0 Å². The topological polar surface area (TPSA) is 30.5 Å². The Morgan fingerprint density at radius 1 is 1.00 bits per heavy atom. The maximum absolute atomic E-state index is 5.11. The van der Waals surface area contributed by atoms with Gasteiger partial charge in [0, 0.05) is 33.1 Å². The highest BCUT2D eigenvalue weighted by molar-refractivity contribution is 5.51. The van der Waals surface area contributed by atoms with Crippen LogP contribution in [0.25, 0.3) is 0 Å². The van der Waals surface area contributed by atoms with E-state index in [4.69, 9.17) is 9.47 Å². The number of ether oxygens (including phenoxy) is 2. The number of rotatable bonds is 9. The standard InChI is InChI=1S/C14H23NO2/c1-16-11-6-5-10-15-14-8-4-3-7-13(14)9-12-17-2/h3-4,7-8,15H,5-6,9-12H2,1-2H3. The van der Waals surface area contributed by atoms with E-state index in [1.165, 1.54) is 11.3 Å². The lowest BCUT2D eigenvalue weighted by molar-refractivity contribution is 0.194. The van der Waals surface area contributed by atoms with E-state index < -0.39 is 0 Å². The molecule has 1 aromatic carbocycles. The van der Waals surface area contributed by atoms with Gasteiger partial charge in [-0.1, -0.05) is 18.2 Å². The molecule has 0 aliphatic heterocycles. The Balaban J connectivity index is 2.35. The molecule has 0 aliphatic rings. The highest BCUT2D eigenvalue weighted by Gasteiger charge is 2.00. The van der Waals surface area contributed by atoms with Gasteiger partial charge in [-0.25, -0.2) is 0 Å². The predicted molar refractivity (Wildman–Crippen MR) is 71.6 cm³/mol. The summed E-state index contributed by atoms with van der Waals surface area (Å²) in [5.41, 5.74) is 2.54. The molecule has 0 radical (unpaired) electrons. The van der Waals surface area contributed by atoms with Crippen LogP contribution >= 0.6 is 0 Å². The van der Waals surface area contributed by atoms with Gasteiger partial charge in [0.2, 0.25) is 0 Å². The van der Waals surface area contributed by atoms with Crippen LogP contribution in [0.4, 0.5) is 5.69 Å². The van der Waals surface area contributed by atoms with E-state index in [1.807, 2.05) is 0 Å². The quantitative estimate of drug-likeness (QED) is 0.670.